The van der Waals surface area contributed by atoms with E-state index in [-0.39, 0.29) is 6.03 Å². The van der Waals surface area contributed by atoms with E-state index >= 15 is 0 Å². The van der Waals surface area contributed by atoms with E-state index in [1.165, 1.54) is 16.7 Å². The molecule has 4 rings (SSSR count). The van der Waals surface area contributed by atoms with Crippen LogP contribution in [0.5, 0.6) is 5.75 Å². The van der Waals surface area contributed by atoms with E-state index < -0.39 is 0 Å². The van der Waals surface area contributed by atoms with Crippen LogP contribution < -0.4 is 10.1 Å². The summed E-state index contributed by atoms with van der Waals surface area (Å²) >= 11 is 1.54. The summed E-state index contributed by atoms with van der Waals surface area (Å²) in [6, 6.07) is 21.6. The second kappa shape index (κ2) is 8.75. The summed E-state index contributed by atoms with van der Waals surface area (Å²) in [5, 5.41) is 7.22. The molecule has 1 heterocycles. The van der Waals surface area contributed by atoms with Crippen molar-refractivity contribution in [1.29, 1.82) is 0 Å². The molecule has 0 aliphatic rings. The number of ether oxygens (including phenoxy) is 1. The number of anilines is 1. The summed E-state index contributed by atoms with van der Waals surface area (Å²) in [6.07, 6.45) is 0. The second-order valence-corrected chi connectivity index (χ2v) is 7.44. The molecule has 0 aliphatic carbocycles. The fourth-order valence-corrected chi connectivity index (χ4v) is 3.65. The first-order valence-corrected chi connectivity index (χ1v) is 10.2. The van der Waals surface area contributed by atoms with Gasteiger partial charge in [0.25, 0.3) is 0 Å². The summed E-state index contributed by atoms with van der Waals surface area (Å²) in [5.41, 5.74) is 4.47. The number of aromatic nitrogens is 1. The van der Waals surface area contributed by atoms with Crippen molar-refractivity contribution in [1.82, 2.24) is 9.88 Å². The van der Waals surface area contributed by atoms with Gasteiger partial charge in [-0.1, -0.05) is 48.5 Å². The van der Waals surface area contributed by atoms with Crippen molar-refractivity contribution in [3.63, 3.8) is 0 Å². The van der Waals surface area contributed by atoms with Crippen molar-refractivity contribution in [2.45, 2.75) is 13.2 Å². The molecule has 5 nitrogen and oxygen atoms in total. The zero-order chi connectivity index (χ0) is 20.1. The van der Waals surface area contributed by atoms with Gasteiger partial charge in [-0.05, 0) is 28.5 Å². The molecular weight excluding hydrogens is 382 g/mol. The monoisotopic (exact) mass is 403 g/mol. The van der Waals surface area contributed by atoms with Crippen molar-refractivity contribution in [2.75, 3.05) is 12.4 Å². The predicted octanol–water partition coefficient (Wildman–Crippen LogP) is 5.54. The van der Waals surface area contributed by atoms with E-state index in [9.17, 15) is 4.79 Å². The molecule has 0 atom stereocenters. The number of rotatable bonds is 6. The molecule has 1 N–H and O–H groups in total. The number of carbonyl (C=O) groups is 1. The highest BCUT2D eigenvalue weighted by atomic mass is 32.1. The van der Waals surface area contributed by atoms with Crippen molar-refractivity contribution < 1.29 is 9.53 Å². The SMILES string of the molecule is CN(Cc1cccc2ccccc12)C(=O)Nc1cccc(OCc2cscn2)c1. The molecule has 2 amide bonds. The van der Waals surface area contributed by atoms with Gasteiger partial charge in [-0.3, -0.25) is 0 Å². The third-order valence-electron chi connectivity index (χ3n) is 4.59. The summed E-state index contributed by atoms with van der Waals surface area (Å²) < 4.78 is 5.76. The van der Waals surface area contributed by atoms with Gasteiger partial charge in [-0.15, -0.1) is 11.3 Å². The molecule has 0 saturated carbocycles. The highest BCUT2D eigenvalue weighted by Crippen LogP contribution is 2.21. The molecular formula is C23H21N3O2S. The van der Waals surface area contributed by atoms with E-state index in [4.69, 9.17) is 4.74 Å². The largest absolute Gasteiger partial charge is 0.487 e. The number of hydrogen-bond donors (Lipinski definition) is 1. The van der Waals surface area contributed by atoms with Gasteiger partial charge in [0.05, 0.1) is 11.2 Å². The van der Waals surface area contributed by atoms with Gasteiger partial charge >= 0.3 is 6.03 Å². The third kappa shape index (κ3) is 4.73. The minimum atomic E-state index is -0.172. The number of carbonyl (C=O) groups excluding carboxylic acids is 1. The first kappa shape index (κ1) is 19.0. The van der Waals surface area contributed by atoms with Crippen LogP contribution in [0.1, 0.15) is 11.3 Å². The lowest BCUT2D eigenvalue weighted by Gasteiger charge is -2.19. The number of nitrogens with one attached hydrogen (secondary N) is 1. The van der Waals surface area contributed by atoms with Crippen LogP contribution in [0.15, 0.2) is 77.6 Å². The third-order valence-corrected chi connectivity index (χ3v) is 5.22. The summed E-state index contributed by atoms with van der Waals surface area (Å²) in [6.45, 7) is 0.926. The fourth-order valence-electron chi connectivity index (χ4n) is 3.11. The molecule has 4 aromatic rings. The second-order valence-electron chi connectivity index (χ2n) is 6.72. The normalized spacial score (nSPS) is 10.7. The van der Waals surface area contributed by atoms with Crippen molar-refractivity contribution in [3.8, 4) is 5.75 Å². The topological polar surface area (TPSA) is 54.5 Å². The minimum absolute atomic E-state index is 0.172. The van der Waals surface area contributed by atoms with Crippen LogP contribution in [0.4, 0.5) is 10.5 Å². The van der Waals surface area contributed by atoms with Crippen LogP contribution in [0.25, 0.3) is 10.8 Å². The Bertz CT molecular complexity index is 1110. The first-order valence-electron chi connectivity index (χ1n) is 9.28. The van der Waals surface area contributed by atoms with Crippen molar-refractivity contribution in [2.24, 2.45) is 0 Å². The summed E-state index contributed by atoms with van der Waals surface area (Å²) in [5.74, 6) is 0.688. The molecule has 3 aromatic carbocycles. The standard InChI is InChI=1S/C23H21N3O2S/c1-26(13-18-8-4-7-17-6-2-3-11-22(17)18)23(27)25-19-9-5-10-21(12-19)28-14-20-15-29-16-24-20/h2-12,15-16H,13-14H2,1H3,(H,25,27). The molecule has 1 aromatic heterocycles. The first-order chi connectivity index (χ1) is 14.2. The number of thiazole rings is 1. The Morgan fingerprint density at radius 1 is 1.10 bits per heavy atom. The Balaban J connectivity index is 1.40. The maximum absolute atomic E-state index is 12.7. The Labute approximate surface area is 173 Å². The van der Waals surface area contributed by atoms with Gasteiger partial charge in [0.2, 0.25) is 0 Å². The quantitative estimate of drug-likeness (QED) is 0.460. The molecule has 6 heteroatoms. The minimum Gasteiger partial charge on any atom is -0.487 e. The molecule has 146 valence electrons. The van der Waals surface area contributed by atoms with Gasteiger partial charge in [0.1, 0.15) is 12.4 Å². The predicted molar refractivity (Wildman–Crippen MR) is 117 cm³/mol. The lowest BCUT2D eigenvalue weighted by atomic mass is 10.0. The maximum atomic E-state index is 12.7. The molecule has 0 unspecified atom stereocenters. The number of nitrogens with zero attached hydrogens (tertiary/aromatic N) is 2. The van der Waals surface area contributed by atoms with Gasteiger partial charge in [0.15, 0.2) is 0 Å². The van der Waals surface area contributed by atoms with E-state index in [0.29, 0.717) is 24.6 Å². The fraction of sp³-hybridized carbons (Fsp3) is 0.130. The Kier molecular flexibility index (Phi) is 5.72. The lowest BCUT2D eigenvalue weighted by molar-refractivity contribution is 0.221. The Morgan fingerprint density at radius 3 is 2.79 bits per heavy atom. The number of amides is 2. The molecule has 0 saturated heterocycles. The van der Waals surface area contributed by atoms with Crippen molar-refractivity contribution in [3.05, 3.63) is 88.9 Å². The molecule has 0 radical (unpaired) electrons. The number of benzene rings is 3. The van der Waals surface area contributed by atoms with Gasteiger partial charge in [0, 0.05) is 30.7 Å². The van der Waals surface area contributed by atoms with Crippen LogP contribution in [0, 0.1) is 0 Å². The van der Waals surface area contributed by atoms with Crippen LogP contribution >= 0.6 is 11.3 Å². The zero-order valence-electron chi connectivity index (χ0n) is 16.0. The summed E-state index contributed by atoms with van der Waals surface area (Å²) in [7, 11) is 1.79. The summed E-state index contributed by atoms with van der Waals surface area (Å²) in [4.78, 5) is 18.5. The lowest BCUT2D eigenvalue weighted by Crippen LogP contribution is -2.30. The van der Waals surface area contributed by atoms with Gasteiger partial charge < -0.3 is 15.0 Å². The van der Waals surface area contributed by atoms with Gasteiger partial charge in [-0.25, -0.2) is 9.78 Å². The highest BCUT2D eigenvalue weighted by Gasteiger charge is 2.11. The average molecular weight is 404 g/mol. The Hall–Kier alpha value is -3.38. The molecule has 0 fully saturated rings. The van der Waals surface area contributed by atoms with E-state index in [0.717, 1.165) is 16.6 Å². The van der Waals surface area contributed by atoms with E-state index in [1.54, 1.807) is 17.5 Å². The van der Waals surface area contributed by atoms with Crippen LogP contribution in [0.3, 0.4) is 0 Å². The van der Waals surface area contributed by atoms with Crippen LogP contribution in [-0.2, 0) is 13.2 Å². The molecule has 0 spiro atoms. The number of urea groups is 1. The average Bonchev–Trinajstić information content (AvgIpc) is 3.26. The molecule has 0 bridgehead atoms. The highest BCUT2D eigenvalue weighted by molar-refractivity contribution is 7.07. The van der Waals surface area contributed by atoms with Crippen LogP contribution in [0.2, 0.25) is 0 Å². The Morgan fingerprint density at radius 2 is 1.93 bits per heavy atom. The maximum Gasteiger partial charge on any atom is 0.321 e. The van der Waals surface area contributed by atoms with Crippen LogP contribution in [-0.4, -0.2) is 23.0 Å². The number of hydrogen-bond acceptors (Lipinski definition) is 4. The smallest absolute Gasteiger partial charge is 0.321 e. The van der Waals surface area contributed by atoms with E-state index in [2.05, 4.69) is 34.6 Å². The zero-order valence-corrected chi connectivity index (χ0v) is 16.9. The van der Waals surface area contributed by atoms with Crippen molar-refractivity contribution >= 4 is 33.8 Å². The number of fused-ring (bicyclic) bond motifs is 1. The van der Waals surface area contributed by atoms with E-state index in [1.807, 2.05) is 47.8 Å². The van der Waals surface area contributed by atoms with Gasteiger partial charge in [-0.2, -0.15) is 0 Å². The molecule has 29 heavy (non-hydrogen) atoms. The molecule has 0 aliphatic heterocycles.